The number of unbranched alkanes of at least 4 members (excludes halogenated alkanes) is 1. The highest BCUT2D eigenvalue weighted by Crippen LogP contribution is 2.63. The smallest absolute Gasteiger partial charge is 0.0240 e. The van der Waals surface area contributed by atoms with Crippen LogP contribution in [0.15, 0.2) is 136 Å². The summed E-state index contributed by atoms with van der Waals surface area (Å²) in [5.74, 6) is 1.61. The Kier molecular flexibility index (Phi) is 10.6. The molecule has 0 radical (unpaired) electrons. The molecule has 1 aromatic rings. The topological polar surface area (TPSA) is 0 Å². The zero-order chi connectivity index (χ0) is 33.9. The van der Waals surface area contributed by atoms with Gasteiger partial charge in [-0.05, 0) is 150 Å². The number of benzene rings is 1. The van der Waals surface area contributed by atoms with E-state index < -0.39 is 0 Å². The third-order valence-corrected chi connectivity index (χ3v) is 10.4. The zero-order valence-corrected chi connectivity index (χ0v) is 30.4. The van der Waals surface area contributed by atoms with Crippen molar-refractivity contribution in [1.29, 1.82) is 0 Å². The van der Waals surface area contributed by atoms with Gasteiger partial charge >= 0.3 is 0 Å². The van der Waals surface area contributed by atoms with E-state index in [1.165, 1.54) is 62.1 Å². The summed E-state index contributed by atoms with van der Waals surface area (Å²) in [6.07, 6.45) is 29.9. The summed E-state index contributed by atoms with van der Waals surface area (Å²) in [4.78, 5) is 0. The average Bonchev–Trinajstić information content (AvgIpc) is 3.73. The molecule has 4 aliphatic carbocycles. The Hall–Kier alpha value is -3.86. The molecule has 4 aliphatic rings. The number of fused-ring (bicyclic) bond motifs is 2. The van der Waals surface area contributed by atoms with Crippen LogP contribution < -0.4 is 0 Å². The summed E-state index contributed by atoms with van der Waals surface area (Å²) >= 11 is 0. The molecule has 0 heteroatoms. The third-order valence-electron chi connectivity index (χ3n) is 10.4. The van der Waals surface area contributed by atoms with Gasteiger partial charge in [0.25, 0.3) is 0 Å². The van der Waals surface area contributed by atoms with Crippen molar-refractivity contribution in [3.8, 4) is 0 Å². The van der Waals surface area contributed by atoms with Crippen molar-refractivity contribution in [1.82, 2.24) is 0 Å². The zero-order valence-electron chi connectivity index (χ0n) is 30.4. The average molecular weight is 621 g/mol. The standard InChI is InChI=1S/C47H56/c1-11-14-18-37(13-3)39-21-19-38-20-22-40(46-34(9)29-47(10)30-45(47)44(46)23-31(4)5)28-43(38)42(27-39)33(8)24-36-17-15-16-35(12-2)25-41(26-36)32(6)7/h13,15-16,18-20,22,24-29,32,35,45H,3-4,11-12,14,17,23,30H2,1-2,5-10H3. The molecule has 3 atom stereocenters. The Bertz CT molecular complexity index is 1770. The van der Waals surface area contributed by atoms with Crippen molar-refractivity contribution >= 4 is 17.2 Å². The SMILES string of the molecule is C=CC(=CCCC)C1=C=Cc2ccc(C3=C(CC(=C)C)C4CC4(C)C=C3C)cc2C(C(C)=CC2=CC(C(C)C)=CC(CC)C=CC2)=C1. The van der Waals surface area contributed by atoms with E-state index in [1.54, 1.807) is 5.57 Å². The van der Waals surface area contributed by atoms with Gasteiger partial charge in [-0.15, -0.1) is 5.73 Å². The van der Waals surface area contributed by atoms with Crippen LogP contribution in [0.25, 0.3) is 17.2 Å². The van der Waals surface area contributed by atoms with Crippen LogP contribution >= 0.6 is 0 Å². The van der Waals surface area contributed by atoms with Gasteiger partial charge < -0.3 is 0 Å². The van der Waals surface area contributed by atoms with Crippen LogP contribution in [0.5, 0.6) is 0 Å². The van der Waals surface area contributed by atoms with E-state index in [0.717, 1.165) is 43.3 Å². The fraction of sp³-hybridized carbons (Fsp3) is 0.383. The Labute approximate surface area is 286 Å². The fourth-order valence-corrected chi connectivity index (χ4v) is 7.66. The lowest BCUT2D eigenvalue weighted by Crippen LogP contribution is -2.09. The van der Waals surface area contributed by atoms with Crippen LogP contribution in [0.3, 0.4) is 0 Å². The fourth-order valence-electron chi connectivity index (χ4n) is 7.66. The van der Waals surface area contributed by atoms with Gasteiger partial charge in [0.1, 0.15) is 0 Å². The van der Waals surface area contributed by atoms with E-state index in [2.05, 4.69) is 147 Å². The number of rotatable bonds is 11. The van der Waals surface area contributed by atoms with Crippen molar-refractivity contribution in [2.24, 2.45) is 23.2 Å². The minimum absolute atomic E-state index is 0.308. The Morgan fingerprint density at radius 2 is 1.94 bits per heavy atom. The molecule has 1 fully saturated rings. The lowest BCUT2D eigenvalue weighted by atomic mass is 9.79. The third kappa shape index (κ3) is 7.66. The van der Waals surface area contributed by atoms with Crippen molar-refractivity contribution in [3.05, 3.63) is 153 Å². The lowest BCUT2D eigenvalue weighted by Gasteiger charge is -2.25. The predicted molar refractivity (Wildman–Crippen MR) is 208 cm³/mol. The van der Waals surface area contributed by atoms with Gasteiger partial charge in [-0.2, -0.15) is 0 Å². The highest BCUT2D eigenvalue weighted by Gasteiger charge is 2.52. The first kappa shape index (κ1) is 34.5. The van der Waals surface area contributed by atoms with Crippen molar-refractivity contribution in [3.63, 3.8) is 0 Å². The first-order valence-corrected chi connectivity index (χ1v) is 18.0. The van der Waals surface area contributed by atoms with E-state index in [0.29, 0.717) is 23.2 Å². The predicted octanol–water partition coefficient (Wildman–Crippen LogP) is 13.7. The molecule has 0 amide bonds. The maximum atomic E-state index is 4.33. The van der Waals surface area contributed by atoms with E-state index in [1.807, 2.05) is 6.08 Å². The van der Waals surface area contributed by atoms with E-state index in [9.17, 15) is 0 Å². The largest absolute Gasteiger partial charge is 0.112 e. The summed E-state index contributed by atoms with van der Waals surface area (Å²) in [5.41, 5.74) is 21.0. The summed E-state index contributed by atoms with van der Waals surface area (Å²) < 4.78 is 0. The van der Waals surface area contributed by atoms with Crippen molar-refractivity contribution in [2.45, 2.75) is 93.9 Å². The molecule has 0 aliphatic heterocycles. The minimum Gasteiger partial charge on any atom is -0.112 e. The van der Waals surface area contributed by atoms with Gasteiger partial charge in [0.15, 0.2) is 0 Å². The summed E-state index contributed by atoms with van der Waals surface area (Å²) in [5, 5.41) is 0. The van der Waals surface area contributed by atoms with Gasteiger partial charge in [-0.1, -0.05) is 126 Å². The normalized spacial score (nSPS) is 24.2. The molecule has 0 saturated heterocycles. The van der Waals surface area contributed by atoms with Gasteiger partial charge in [0.2, 0.25) is 0 Å². The highest BCUT2D eigenvalue weighted by molar-refractivity contribution is 5.91. The quantitative estimate of drug-likeness (QED) is 0.131. The second-order valence-electron chi connectivity index (χ2n) is 14.9. The van der Waals surface area contributed by atoms with Crippen molar-refractivity contribution < 1.29 is 0 Å². The minimum atomic E-state index is 0.308. The van der Waals surface area contributed by atoms with Gasteiger partial charge in [-0.3, -0.25) is 0 Å². The first-order valence-electron chi connectivity index (χ1n) is 18.0. The molecule has 5 rings (SSSR count). The Balaban J connectivity index is 1.68. The van der Waals surface area contributed by atoms with Crippen LogP contribution in [-0.4, -0.2) is 0 Å². The summed E-state index contributed by atoms with van der Waals surface area (Å²) in [6.45, 7) is 26.8. The van der Waals surface area contributed by atoms with E-state index >= 15 is 0 Å². The maximum Gasteiger partial charge on any atom is 0.0240 e. The molecule has 0 spiro atoms. The molecule has 0 N–H and O–H groups in total. The molecule has 1 saturated carbocycles. The molecule has 1 aromatic carbocycles. The highest BCUT2D eigenvalue weighted by atomic mass is 14.6. The van der Waals surface area contributed by atoms with Crippen LogP contribution in [-0.2, 0) is 0 Å². The van der Waals surface area contributed by atoms with Gasteiger partial charge in [0.05, 0.1) is 0 Å². The van der Waals surface area contributed by atoms with Gasteiger partial charge in [-0.25, -0.2) is 0 Å². The number of allylic oxidation sites excluding steroid dienone is 19. The second-order valence-corrected chi connectivity index (χ2v) is 14.9. The summed E-state index contributed by atoms with van der Waals surface area (Å²) in [6, 6.07) is 7.10. The molecular weight excluding hydrogens is 565 g/mol. The maximum absolute atomic E-state index is 4.33. The van der Waals surface area contributed by atoms with Gasteiger partial charge in [0, 0.05) is 5.57 Å². The van der Waals surface area contributed by atoms with Crippen LogP contribution in [0.1, 0.15) is 111 Å². The molecule has 0 aromatic heterocycles. The van der Waals surface area contributed by atoms with Crippen LogP contribution in [0.4, 0.5) is 0 Å². The molecule has 0 nitrogen and oxygen atoms in total. The molecule has 244 valence electrons. The molecule has 3 unspecified atom stereocenters. The molecule has 0 heterocycles. The molecule has 47 heavy (non-hydrogen) atoms. The Morgan fingerprint density at radius 3 is 2.62 bits per heavy atom. The van der Waals surface area contributed by atoms with E-state index in [4.69, 9.17) is 0 Å². The van der Waals surface area contributed by atoms with E-state index in [-0.39, 0.29) is 0 Å². The van der Waals surface area contributed by atoms with Crippen LogP contribution in [0.2, 0.25) is 0 Å². The molecule has 0 bridgehead atoms. The molecular formula is C47H56. The number of hydrogen-bond donors (Lipinski definition) is 0. The second kappa shape index (κ2) is 14.5. The van der Waals surface area contributed by atoms with Crippen molar-refractivity contribution in [2.75, 3.05) is 0 Å². The summed E-state index contributed by atoms with van der Waals surface area (Å²) in [7, 11) is 0. The van der Waals surface area contributed by atoms with Crippen LogP contribution in [0, 0.1) is 23.2 Å². The first-order chi connectivity index (χ1) is 22.5. The Morgan fingerprint density at radius 1 is 1.15 bits per heavy atom. The lowest BCUT2D eigenvalue weighted by molar-refractivity contribution is 0.657. The number of hydrogen-bond acceptors (Lipinski definition) is 0. The monoisotopic (exact) mass is 620 g/mol.